The molecule has 6 heteroatoms. The van der Waals surface area contributed by atoms with Crippen LogP contribution in [0, 0.1) is 0 Å². The van der Waals surface area contributed by atoms with Crippen molar-refractivity contribution >= 4 is 10.2 Å². The van der Waals surface area contributed by atoms with Gasteiger partial charge < -0.3 is 5.32 Å². The standard InChI is InChI=1S/C12H25N3O2S/c1-14(12-6-4-2-3-5-7-12)18(16,17)15-10-8-13-9-11-15/h12-13H,2-11H2,1H3. The molecule has 2 rings (SSSR count). The van der Waals surface area contributed by atoms with Gasteiger partial charge in [-0.15, -0.1) is 0 Å². The zero-order valence-corrected chi connectivity index (χ0v) is 12.1. The highest BCUT2D eigenvalue weighted by molar-refractivity contribution is 7.86. The lowest BCUT2D eigenvalue weighted by Gasteiger charge is -2.34. The molecular weight excluding hydrogens is 250 g/mol. The molecule has 1 saturated carbocycles. The molecule has 2 fully saturated rings. The van der Waals surface area contributed by atoms with Crippen LogP contribution in [0.15, 0.2) is 0 Å². The fourth-order valence-electron chi connectivity index (χ4n) is 2.87. The van der Waals surface area contributed by atoms with E-state index in [1.54, 1.807) is 15.7 Å². The Balaban J connectivity index is 2.02. The Kier molecular flexibility index (Phi) is 5.00. The molecule has 1 N–H and O–H groups in total. The van der Waals surface area contributed by atoms with Gasteiger partial charge in [0.2, 0.25) is 0 Å². The molecule has 106 valence electrons. The number of piperazine rings is 1. The van der Waals surface area contributed by atoms with Crippen LogP contribution in [-0.2, 0) is 10.2 Å². The second kappa shape index (κ2) is 6.32. The van der Waals surface area contributed by atoms with Crippen molar-refractivity contribution in [1.82, 2.24) is 13.9 Å². The van der Waals surface area contributed by atoms with E-state index in [9.17, 15) is 8.42 Å². The molecule has 0 bridgehead atoms. The van der Waals surface area contributed by atoms with Crippen LogP contribution < -0.4 is 5.32 Å². The summed E-state index contributed by atoms with van der Waals surface area (Å²) in [6.07, 6.45) is 6.85. The first-order valence-electron chi connectivity index (χ1n) is 7.06. The highest BCUT2D eigenvalue weighted by Gasteiger charge is 2.32. The van der Waals surface area contributed by atoms with Gasteiger partial charge in [-0.1, -0.05) is 25.7 Å². The highest BCUT2D eigenvalue weighted by atomic mass is 32.2. The summed E-state index contributed by atoms with van der Waals surface area (Å²) in [6.45, 7) is 2.72. The van der Waals surface area contributed by atoms with Crippen LogP contribution in [0.5, 0.6) is 0 Å². The molecule has 1 aliphatic carbocycles. The Bertz CT molecular complexity index is 344. The summed E-state index contributed by atoms with van der Waals surface area (Å²) in [4.78, 5) is 0. The molecule has 0 aromatic carbocycles. The van der Waals surface area contributed by atoms with Crippen molar-refractivity contribution in [3.05, 3.63) is 0 Å². The normalized spacial score (nSPS) is 25.2. The topological polar surface area (TPSA) is 52.7 Å². The minimum atomic E-state index is -3.25. The molecule has 0 unspecified atom stereocenters. The van der Waals surface area contributed by atoms with Gasteiger partial charge in [-0.3, -0.25) is 0 Å². The van der Waals surface area contributed by atoms with Gasteiger partial charge in [-0.25, -0.2) is 0 Å². The molecule has 0 radical (unpaired) electrons. The maximum absolute atomic E-state index is 12.5. The van der Waals surface area contributed by atoms with Crippen LogP contribution in [0.3, 0.4) is 0 Å². The average molecular weight is 275 g/mol. The largest absolute Gasteiger partial charge is 0.314 e. The van der Waals surface area contributed by atoms with Crippen molar-refractivity contribution in [2.75, 3.05) is 33.2 Å². The number of nitrogens with one attached hydrogen (secondary N) is 1. The van der Waals surface area contributed by atoms with Crippen molar-refractivity contribution in [2.45, 2.75) is 44.6 Å². The molecule has 5 nitrogen and oxygen atoms in total. The van der Waals surface area contributed by atoms with Crippen molar-refractivity contribution < 1.29 is 8.42 Å². The van der Waals surface area contributed by atoms with Gasteiger partial charge >= 0.3 is 0 Å². The van der Waals surface area contributed by atoms with Crippen LogP contribution in [0.2, 0.25) is 0 Å². The highest BCUT2D eigenvalue weighted by Crippen LogP contribution is 2.24. The Labute approximate surface area is 111 Å². The third-order valence-electron chi connectivity index (χ3n) is 4.11. The lowest BCUT2D eigenvalue weighted by Crippen LogP contribution is -2.52. The van der Waals surface area contributed by atoms with Crippen molar-refractivity contribution in [3.8, 4) is 0 Å². The monoisotopic (exact) mass is 275 g/mol. The van der Waals surface area contributed by atoms with E-state index in [0.717, 1.165) is 38.8 Å². The summed E-state index contributed by atoms with van der Waals surface area (Å²) in [5, 5.41) is 3.19. The molecule has 1 aliphatic heterocycles. The average Bonchev–Trinajstić information content (AvgIpc) is 2.67. The van der Waals surface area contributed by atoms with Crippen LogP contribution in [0.25, 0.3) is 0 Å². The van der Waals surface area contributed by atoms with Crippen LogP contribution in [0.1, 0.15) is 38.5 Å². The first kappa shape index (κ1) is 14.2. The van der Waals surface area contributed by atoms with E-state index in [2.05, 4.69) is 5.32 Å². The van der Waals surface area contributed by atoms with Gasteiger partial charge in [0.15, 0.2) is 0 Å². The van der Waals surface area contributed by atoms with E-state index in [0.29, 0.717) is 13.1 Å². The van der Waals surface area contributed by atoms with Crippen LogP contribution >= 0.6 is 0 Å². The Hall–Kier alpha value is -0.170. The molecular formula is C12H25N3O2S. The smallest absolute Gasteiger partial charge is 0.282 e. The third-order valence-corrected chi connectivity index (χ3v) is 6.15. The first-order chi connectivity index (χ1) is 8.62. The number of hydrogen-bond acceptors (Lipinski definition) is 3. The maximum Gasteiger partial charge on any atom is 0.282 e. The summed E-state index contributed by atoms with van der Waals surface area (Å²) in [6, 6.07) is 0.201. The Morgan fingerprint density at radius 1 is 1.06 bits per heavy atom. The molecule has 0 aromatic rings. The zero-order valence-electron chi connectivity index (χ0n) is 11.3. The fourth-order valence-corrected chi connectivity index (χ4v) is 4.46. The summed E-state index contributed by atoms with van der Waals surface area (Å²) in [5.74, 6) is 0. The van der Waals surface area contributed by atoms with E-state index in [-0.39, 0.29) is 6.04 Å². The molecule has 1 saturated heterocycles. The molecule has 18 heavy (non-hydrogen) atoms. The number of rotatable bonds is 3. The number of hydrogen-bond donors (Lipinski definition) is 1. The van der Waals surface area contributed by atoms with Crippen molar-refractivity contribution in [3.63, 3.8) is 0 Å². The third kappa shape index (κ3) is 3.23. The van der Waals surface area contributed by atoms with E-state index in [4.69, 9.17) is 0 Å². The second-order valence-corrected chi connectivity index (χ2v) is 7.31. The van der Waals surface area contributed by atoms with Gasteiger partial charge in [0.1, 0.15) is 0 Å². The van der Waals surface area contributed by atoms with E-state index in [1.165, 1.54) is 12.8 Å². The lowest BCUT2D eigenvalue weighted by atomic mass is 10.1. The van der Waals surface area contributed by atoms with Crippen molar-refractivity contribution in [2.24, 2.45) is 0 Å². The predicted octanol–water partition coefficient (Wildman–Crippen LogP) is 0.791. The Morgan fingerprint density at radius 3 is 2.17 bits per heavy atom. The summed E-state index contributed by atoms with van der Waals surface area (Å²) < 4.78 is 28.3. The predicted molar refractivity (Wildman–Crippen MR) is 72.6 cm³/mol. The van der Waals surface area contributed by atoms with Crippen LogP contribution in [0.4, 0.5) is 0 Å². The van der Waals surface area contributed by atoms with Gasteiger partial charge in [0.05, 0.1) is 0 Å². The molecule has 0 atom stereocenters. The molecule has 0 aromatic heterocycles. The fraction of sp³-hybridized carbons (Fsp3) is 1.00. The first-order valence-corrected chi connectivity index (χ1v) is 8.46. The van der Waals surface area contributed by atoms with E-state index < -0.39 is 10.2 Å². The quantitative estimate of drug-likeness (QED) is 0.775. The zero-order chi connectivity index (χ0) is 13.0. The van der Waals surface area contributed by atoms with Gasteiger partial charge in [-0.05, 0) is 12.8 Å². The van der Waals surface area contributed by atoms with Crippen molar-refractivity contribution in [1.29, 1.82) is 0 Å². The molecule has 1 heterocycles. The molecule has 0 spiro atoms. The summed E-state index contributed by atoms with van der Waals surface area (Å²) >= 11 is 0. The van der Waals surface area contributed by atoms with Gasteiger partial charge in [0.25, 0.3) is 10.2 Å². The summed E-state index contributed by atoms with van der Waals surface area (Å²) in [5.41, 5.74) is 0. The minimum Gasteiger partial charge on any atom is -0.314 e. The van der Waals surface area contributed by atoms with E-state index >= 15 is 0 Å². The van der Waals surface area contributed by atoms with Gasteiger partial charge in [-0.2, -0.15) is 17.0 Å². The van der Waals surface area contributed by atoms with Crippen LogP contribution in [-0.4, -0.2) is 56.3 Å². The Morgan fingerprint density at radius 2 is 1.61 bits per heavy atom. The number of nitrogens with zero attached hydrogens (tertiary/aromatic N) is 2. The molecule has 2 aliphatic rings. The SMILES string of the molecule is CN(C1CCCCCC1)S(=O)(=O)N1CCNCC1. The minimum absolute atomic E-state index is 0.201. The molecule has 0 amide bonds. The maximum atomic E-state index is 12.5. The van der Waals surface area contributed by atoms with Gasteiger partial charge in [0, 0.05) is 39.3 Å². The van der Waals surface area contributed by atoms with E-state index in [1.807, 2.05) is 0 Å². The lowest BCUT2D eigenvalue weighted by molar-refractivity contribution is 0.282. The summed E-state index contributed by atoms with van der Waals surface area (Å²) in [7, 11) is -1.49. The second-order valence-electron chi connectivity index (χ2n) is 5.32.